The summed E-state index contributed by atoms with van der Waals surface area (Å²) in [6, 6.07) is -1.19. The topological polar surface area (TPSA) is 189 Å². The van der Waals surface area contributed by atoms with E-state index in [-0.39, 0.29) is 12.8 Å². The fourth-order valence-electron chi connectivity index (χ4n) is 12.1. The normalized spacial score (nSPS) is 18.9. The molecule has 0 aromatic rings. The summed E-state index contributed by atoms with van der Waals surface area (Å²) in [4.78, 5) is 13.3. The molecule has 1 heterocycles. The molecule has 8 N–H and O–H groups in total. The summed E-state index contributed by atoms with van der Waals surface area (Å²) < 4.78 is 11.2. The van der Waals surface area contributed by atoms with Gasteiger partial charge in [0.05, 0.1) is 25.4 Å². The van der Waals surface area contributed by atoms with Crippen LogP contribution in [-0.4, -0.2) is 110 Å². The predicted molar refractivity (Wildman–Crippen MR) is 367 cm³/mol. The van der Waals surface area contributed by atoms with Gasteiger partial charge in [0.1, 0.15) is 36.6 Å². The number of rotatable bonds is 66. The van der Waals surface area contributed by atoms with Crippen molar-refractivity contribution in [2.24, 2.45) is 0 Å². The van der Waals surface area contributed by atoms with Gasteiger partial charge in [-0.1, -0.05) is 326 Å². The lowest BCUT2D eigenvalue weighted by Crippen LogP contribution is -2.60. The maximum Gasteiger partial charge on any atom is 0.249 e. The molecule has 9 atom stereocenters. The molecular weight excluding hydrogens is 1090 g/mol. The molecule has 0 saturated carbocycles. The van der Waals surface area contributed by atoms with Crippen LogP contribution in [0.15, 0.2) is 48.6 Å². The van der Waals surface area contributed by atoms with Crippen LogP contribution in [0, 0.1) is 0 Å². The first kappa shape index (κ1) is 83.1. The molecule has 1 aliphatic heterocycles. The maximum atomic E-state index is 13.3. The van der Waals surface area contributed by atoms with Crippen LogP contribution in [0.4, 0.5) is 0 Å². The number of hydrogen-bond acceptors (Lipinski definition) is 10. The Labute approximate surface area is 536 Å². The molecule has 0 spiro atoms. The number of amides is 1. The zero-order valence-corrected chi connectivity index (χ0v) is 56.8. The highest BCUT2D eigenvalue weighted by atomic mass is 16.7. The summed E-state index contributed by atoms with van der Waals surface area (Å²) in [5, 5.41) is 76.6. The molecular formula is C76H143NO10. The Morgan fingerprint density at radius 2 is 0.724 bits per heavy atom. The molecule has 1 aliphatic rings. The standard InChI is InChI=1S/C76H143NO10/c1-3-5-7-9-11-13-15-17-19-21-23-25-27-29-31-32-33-34-35-36-37-38-40-42-44-46-48-50-52-54-56-58-60-62-64-69(80)75(85)77-67(66-86-76-74(84)73(83)72(82)70(65-78)87-76)71(81)68(79)63-61-59-57-55-53-51-49-47-45-43-41-39-30-28-26-24-22-20-18-16-14-12-10-8-6-4-2/h27,29,32-33,47,49,55,57,67-74,76,78-84H,3-26,28,30-31,34-46,48,50-54,56,58-66H2,1-2H3,(H,77,85)/b29-27-,33-32-,49-47+,57-55+. The van der Waals surface area contributed by atoms with Crippen molar-refractivity contribution in [3.8, 4) is 0 Å². The lowest BCUT2D eigenvalue weighted by atomic mass is 9.98. The van der Waals surface area contributed by atoms with Gasteiger partial charge in [-0.15, -0.1) is 0 Å². The lowest BCUT2D eigenvalue weighted by molar-refractivity contribution is -0.303. The Morgan fingerprint density at radius 3 is 1.09 bits per heavy atom. The summed E-state index contributed by atoms with van der Waals surface area (Å²) in [5.74, 6) is -0.706. The summed E-state index contributed by atoms with van der Waals surface area (Å²) in [6.07, 6.45) is 73.6. The molecule has 0 bridgehead atoms. The Morgan fingerprint density at radius 1 is 0.402 bits per heavy atom. The Kier molecular flexibility index (Phi) is 61.3. The second kappa shape index (κ2) is 64.2. The minimum atomic E-state index is -1.67. The van der Waals surface area contributed by atoms with E-state index >= 15 is 0 Å². The first-order valence-corrected chi connectivity index (χ1v) is 37.5. The van der Waals surface area contributed by atoms with Crippen molar-refractivity contribution in [2.45, 2.75) is 416 Å². The van der Waals surface area contributed by atoms with E-state index in [0.29, 0.717) is 19.3 Å². The molecule has 1 fully saturated rings. The van der Waals surface area contributed by atoms with Crippen molar-refractivity contribution in [3.63, 3.8) is 0 Å². The van der Waals surface area contributed by atoms with E-state index < -0.39 is 74.2 Å². The molecule has 0 aromatic carbocycles. The molecule has 1 rings (SSSR count). The van der Waals surface area contributed by atoms with Gasteiger partial charge in [-0.05, 0) is 83.5 Å². The fraction of sp³-hybridized carbons (Fsp3) is 0.882. The smallest absolute Gasteiger partial charge is 0.249 e. The first-order valence-electron chi connectivity index (χ1n) is 37.5. The largest absolute Gasteiger partial charge is 0.394 e. The third-order valence-electron chi connectivity index (χ3n) is 18.1. The third kappa shape index (κ3) is 51.3. The maximum absolute atomic E-state index is 13.3. The van der Waals surface area contributed by atoms with Crippen molar-refractivity contribution >= 4 is 5.91 Å². The number of carbonyl (C=O) groups excluding carboxylic acids is 1. The van der Waals surface area contributed by atoms with Gasteiger partial charge in [0, 0.05) is 0 Å². The van der Waals surface area contributed by atoms with Gasteiger partial charge >= 0.3 is 0 Å². The highest BCUT2D eigenvalue weighted by Gasteiger charge is 2.44. The van der Waals surface area contributed by atoms with Gasteiger partial charge in [0.15, 0.2) is 6.29 Å². The summed E-state index contributed by atoms with van der Waals surface area (Å²) in [7, 11) is 0. The van der Waals surface area contributed by atoms with E-state index in [2.05, 4.69) is 67.8 Å². The lowest BCUT2D eigenvalue weighted by Gasteiger charge is -2.40. The first-order chi connectivity index (χ1) is 42.7. The van der Waals surface area contributed by atoms with Crippen LogP contribution >= 0.6 is 0 Å². The van der Waals surface area contributed by atoms with Crippen molar-refractivity contribution in [1.29, 1.82) is 0 Å². The van der Waals surface area contributed by atoms with E-state index in [9.17, 15) is 40.5 Å². The highest BCUT2D eigenvalue weighted by Crippen LogP contribution is 2.24. The Bertz CT molecular complexity index is 1560. The monoisotopic (exact) mass is 1230 g/mol. The molecule has 0 aromatic heterocycles. The fourth-order valence-corrected chi connectivity index (χ4v) is 12.1. The predicted octanol–water partition coefficient (Wildman–Crippen LogP) is 18.7. The van der Waals surface area contributed by atoms with Crippen LogP contribution in [0.1, 0.15) is 361 Å². The third-order valence-corrected chi connectivity index (χ3v) is 18.1. The SMILES string of the molecule is CCCCCCCCCCCCC/C=C\C/C=C\CCCCCCCCCCCCCCCCCCC(O)C(=O)NC(COC1OC(CO)C(O)C(O)C1O)C(O)C(O)CCC/C=C/CC/C=C/CCCCCCCCCCCCCCCCCCC. The summed E-state index contributed by atoms with van der Waals surface area (Å²) >= 11 is 0. The molecule has 0 aliphatic carbocycles. The number of allylic oxidation sites excluding steroid dienone is 8. The van der Waals surface area contributed by atoms with Gasteiger partial charge in [-0.25, -0.2) is 0 Å². The van der Waals surface area contributed by atoms with E-state index in [1.165, 1.54) is 270 Å². The molecule has 11 heteroatoms. The number of aliphatic hydroxyl groups excluding tert-OH is 7. The minimum Gasteiger partial charge on any atom is -0.394 e. The van der Waals surface area contributed by atoms with E-state index in [1.54, 1.807) is 0 Å². The number of nitrogens with one attached hydrogen (secondary N) is 1. The van der Waals surface area contributed by atoms with Crippen molar-refractivity contribution in [2.75, 3.05) is 13.2 Å². The zero-order valence-electron chi connectivity index (χ0n) is 56.8. The number of unbranched alkanes of at least 4 members (excludes halogenated alkanes) is 46. The Balaban J connectivity index is 2.19. The highest BCUT2D eigenvalue weighted by molar-refractivity contribution is 5.80. The van der Waals surface area contributed by atoms with E-state index in [1.807, 2.05) is 0 Å². The van der Waals surface area contributed by atoms with E-state index in [4.69, 9.17) is 9.47 Å². The zero-order chi connectivity index (χ0) is 63.1. The van der Waals surface area contributed by atoms with Crippen LogP contribution in [0.5, 0.6) is 0 Å². The van der Waals surface area contributed by atoms with Crippen molar-refractivity contribution < 1.29 is 50.0 Å². The molecule has 9 unspecified atom stereocenters. The Hall–Kier alpha value is -1.93. The second-order valence-corrected chi connectivity index (χ2v) is 26.4. The average molecular weight is 1230 g/mol. The molecule has 87 heavy (non-hydrogen) atoms. The molecule has 1 amide bonds. The van der Waals surface area contributed by atoms with Crippen LogP contribution in [0.3, 0.4) is 0 Å². The van der Waals surface area contributed by atoms with Crippen LogP contribution in [-0.2, 0) is 14.3 Å². The summed E-state index contributed by atoms with van der Waals surface area (Å²) in [6.45, 7) is 3.49. The quantitative estimate of drug-likeness (QED) is 0.0215. The van der Waals surface area contributed by atoms with Gasteiger partial charge in [-0.2, -0.15) is 0 Å². The van der Waals surface area contributed by atoms with Gasteiger partial charge in [-0.3, -0.25) is 4.79 Å². The number of ether oxygens (including phenoxy) is 2. The van der Waals surface area contributed by atoms with Crippen molar-refractivity contribution in [1.82, 2.24) is 5.32 Å². The number of aliphatic hydroxyl groups is 7. The summed E-state index contributed by atoms with van der Waals surface area (Å²) in [5.41, 5.74) is 0. The van der Waals surface area contributed by atoms with Crippen LogP contribution in [0.25, 0.3) is 0 Å². The molecule has 512 valence electrons. The average Bonchev–Trinajstić information content (AvgIpc) is 1.97. The minimum absolute atomic E-state index is 0.247. The van der Waals surface area contributed by atoms with Crippen molar-refractivity contribution in [3.05, 3.63) is 48.6 Å². The van der Waals surface area contributed by atoms with Gasteiger partial charge in [0.2, 0.25) is 5.91 Å². The van der Waals surface area contributed by atoms with Gasteiger partial charge < -0.3 is 50.5 Å². The molecule has 11 nitrogen and oxygen atoms in total. The number of hydrogen-bond donors (Lipinski definition) is 8. The molecule has 1 saturated heterocycles. The van der Waals surface area contributed by atoms with Crippen LogP contribution < -0.4 is 5.32 Å². The number of carbonyl (C=O) groups is 1. The van der Waals surface area contributed by atoms with E-state index in [0.717, 1.165) is 44.9 Å². The molecule has 0 radical (unpaired) electrons. The van der Waals surface area contributed by atoms with Gasteiger partial charge in [0.25, 0.3) is 0 Å². The second-order valence-electron chi connectivity index (χ2n) is 26.4. The van der Waals surface area contributed by atoms with Crippen LogP contribution in [0.2, 0.25) is 0 Å².